The standard InChI is InChI=1S/C72H46N2S/c1-2-14-48(15-3-1)66-45-53(52-33-40-59-55(44-52)27-26-49-16-4-6-18-58(49)59)35-43-70(66)73(56-36-28-47(29-37-56)54-34-41-64-65-42-32-50-17-5-7-20-61(50)72(65)75-71(64)46-54)57-38-30-51(31-39-57)60-19-8-11-23-67(60)74-68-24-12-9-21-62(68)63-22-10-13-25-69(63)74/h1-46H. The predicted molar refractivity (Wildman–Crippen MR) is 323 cm³/mol. The Bertz CT molecular complexity index is 4640. The molecule has 0 amide bonds. The van der Waals surface area contributed by atoms with Crippen molar-refractivity contribution in [3.63, 3.8) is 0 Å². The van der Waals surface area contributed by atoms with Crippen molar-refractivity contribution >= 4 is 103 Å². The minimum atomic E-state index is 1.07. The van der Waals surface area contributed by atoms with Gasteiger partial charge in [-0.1, -0.05) is 212 Å². The van der Waals surface area contributed by atoms with Gasteiger partial charge in [0, 0.05) is 53.4 Å². The molecule has 0 unspecified atom stereocenters. The maximum absolute atomic E-state index is 2.44. The van der Waals surface area contributed by atoms with Gasteiger partial charge in [0.1, 0.15) is 0 Å². The van der Waals surface area contributed by atoms with Crippen LogP contribution in [0.25, 0.3) is 124 Å². The summed E-state index contributed by atoms with van der Waals surface area (Å²) in [5.74, 6) is 0. The molecule has 2 heterocycles. The zero-order chi connectivity index (χ0) is 49.4. The van der Waals surface area contributed by atoms with Gasteiger partial charge in [0.15, 0.2) is 0 Å². The van der Waals surface area contributed by atoms with Crippen LogP contribution in [0.1, 0.15) is 0 Å². The number of nitrogens with zero attached hydrogens (tertiary/aromatic N) is 2. The van der Waals surface area contributed by atoms with Crippen molar-refractivity contribution < 1.29 is 0 Å². The Kier molecular flexibility index (Phi) is 10.1. The third-order valence-electron chi connectivity index (χ3n) is 15.4. The Hall–Kier alpha value is -9.54. The average Bonchev–Trinajstić information content (AvgIpc) is 4.05. The van der Waals surface area contributed by atoms with E-state index in [2.05, 4.69) is 289 Å². The van der Waals surface area contributed by atoms with Crippen LogP contribution >= 0.6 is 11.3 Å². The molecule has 3 heteroatoms. The highest BCUT2D eigenvalue weighted by Gasteiger charge is 2.21. The molecule has 2 aromatic heterocycles. The molecular weight excluding hydrogens is 925 g/mol. The highest BCUT2D eigenvalue weighted by molar-refractivity contribution is 7.26. The van der Waals surface area contributed by atoms with Crippen LogP contribution in [0.5, 0.6) is 0 Å². The summed E-state index contributed by atoms with van der Waals surface area (Å²) in [5.41, 5.74) is 16.2. The largest absolute Gasteiger partial charge is 0.310 e. The van der Waals surface area contributed by atoms with Crippen LogP contribution in [-0.2, 0) is 0 Å². The van der Waals surface area contributed by atoms with E-state index in [1.54, 1.807) is 0 Å². The predicted octanol–water partition coefficient (Wildman–Crippen LogP) is 20.7. The fourth-order valence-electron chi connectivity index (χ4n) is 11.8. The van der Waals surface area contributed by atoms with Crippen molar-refractivity contribution in [2.45, 2.75) is 0 Å². The van der Waals surface area contributed by atoms with Gasteiger partial charge < -0.3 is 9.47 Å². The van der Waals surface area contributed by atoms with Crippen molar-refractivity contribution in [1.82, 2.24) is 4.57 Å². The summed E-state index contributed by atoms with van der Waals surface area (Å²) >= 11 is 1.89. The van der Waals surface area contributed by atoms with E-state index in [4.69, 9.17) is 0 Å². The van der Waals surface area contributed by atoms with Crippen LogP contribution in [0.4, 0.5) is 17.1 Å². The van der Waals surface area contributed by atoms with Crippen molar-refractivity contribution in [2.75, 3.05) is 4.90 Å². The summed E-state index contributed by atoms with van der Waals surface area (Å²) in [6.45, 7) is 0. The van der Waals surface area contributed by atoms with Gasteiger partial charge in [-0.25, -0.2) is 0 Å². The Morgan fingerprint density at radius 1 is 0.280 bits per heavy atom. The number of aromatic nitrogens is 1. The summed E-state index contributed by atoms with van der Waals surface area (Å²) in [6, 6.07) is 103. The molecule has 350 valence electrons. The van der Waals surface area contributed by atoms with E-state index in [0.717, 1.165) is 39.4 Å². The van der Waals surface area contributed by atoms with Gasteiger partial charge in [-0.2, -0.15) is 0 Å². The molecule has 0 bridgehead atoms. The van der Waals surface area contributed by atoms with E-state index >= 15 is 0 Å². The Morgan fingerprint density at radius 3 is 1.52 bits per heavy atom. The van der Waals surface area contributed by atoms with Crippen LogP contribution in [0.3, 0.4) is 0 Å². The fraction of sp³-hybridized carbons (Fsp3) is 0. The normalized spacial score (nSPS) is 11.7. The van der Waals surface area contributed by atoms with E-state index in [-0.39, 0.29) is 0 Å². The molecule has 0 spiro atoms. The highest BCUT2D eigenvalue weighted by atomic mass is 32.1. The monoisotopic (exact) mass is 970 g/mol. The zero-order valence-corrected chi connectivity index (χ0v) is 41.7. The fourth-order valence-corrected chi connectivity index (χ4v) is 13.0. The maximum Gasteiger partial charge on any atom is 0.0541 e. The van der Waals surface area contributed by atoms with Gasteiger partial charge in [0.25, 0.3) is 0 Å². The highest BCUT2D eigenvalue weighted by Crippen LogP contribution is 2.46. The lowest BCUT2D eigenvalue weighted by molar-refractivity contribution is 1.18. The van der Waals surface area contributed by atoms with Crippen LogP contribution < -0.4 is 4.90 Å². The molecule has 2 nitrogen and oxygen atoms in total. The number of rotatable bonds is 8. The Morgan fingerprint density at radius 2 is 0.773 bits per heavy atom. The van der Waals surface area contributed by atoms with Crippen LogP contribution in [0.15, 0.2) is 279 Å². The first-order valence-electron chi connectivity index (χ1n) is 25.7. The molecule has 0 aliphatic carbocycles. The summed E-state index contributed by atoms with van der Waals surface area (Å²) in [6.07, 6.45) is 0. The molecule has 0 atom stereocenters. The van der Waals surface area contributed by atoms with Crippen molar-refractivity contribution in [2.24, 2.45) is 0 Å². The van der Waals surface area contributed by atoms with Gasteiger partial charge >= 0.3 is 0 Å². The van der Waals surface area contributed by atoms with E-state index < -0.39 is 0 Å². The summed E-state index contributed by atoms with van der Waals surface area (Å²) in [7, 11) is 0. The van der Waals surface area contributed by atoms with E-state index in [9.17, 15) is 0 Å². The second-order valence-corrected chi connectivity index (χ2v) is 20.7. The molecular formula is C72H46N2S. The smallest absolute Gasteiger partial charge is 0.0541 e. The molecule has 0 aliphatic heterocycles. The number of hydrogen-bond donors (Lipinski definition) is 0. The van der Waals surface area contributed by atoms with Crippen molar-refractivity contribution in [3.05, 3.63) is 279 Å². The minimum absolute atomic E-state index is 1.07. The van der Waals surface area contributed by atoms with Crippen LogP contribution in [-0.4, -0.2) is 4.57 Å². The van der Waals surface area contributed by atoms with Gasteiger partial charge in [-0.3, -0.25) is 0 Å². The first kappa shape index (κ1) is 43.1. The Balaban J connectivity index is 0.869. The second kappa shape index (κ2) is 17.6. The van der Waals surface area contributed by atoms with Crippen LogP contribution in [0, 0.1) is 0 Å². The van der Waals surface area contributed by atoms with E-state index in [1.807, 2.05) is 11.3 Å². The minimum Gasteiger partial charge on any atom is -0.310 e. The van der Waals surface area contributed by atoms with Gasteiger partial charge in [-0.15, -0.1) is 11.3 Å². The first-order valence-corrected chi connectivity index (χ1v) is 26.5. The molecule has 0 saturated heterocycles. The number of para-hydroxylation sites is 3. The summed E-state index contributed by atoms with van der Waals surface area (Å²) in [4.78, 5) is 2.44. The first-order chi connectivity index (χ1) is 37.2. The van der Waals surface area contributed by atoms with Gasteiger partial charge in [0.05, 0.1) is 22.4 Å². The second-order valence-electron chi connectivity index (χ2n) is 19.6. The van der Waals surface area contributed by atoms with E-state index in [0.29, 0.717) is 0 Å². The maximum atomic E-state index is 2.44. The topological polar surface area (TPSA) is 8.17 Å². The average molecular weight is 971 g/mol. The molecule has 0 N–H and O–H groups in total. The number of fused-ring (bicyclic) bond motifs is 11. The molecule has 75 heavy (non-hydrogen) atoms. The SMILES string of the molecule is c1ccc(-c2cc(-c3ccc4c(ccc5ccccc54)c3)ccc2N(c2ccc(-c3ccc4c(c3)sc3c5ccccc5ccc43)cc2)c2ccc(-c3ccccc3-n3c4ccccc4c4ccccc43)cc2)cc1. The molecule has 15 rings (SSSR count). The number of hydrogen-bond acceptors (Lipinski definition) is 2. The van der Waals surface area contributed by atoms with Crippen molar-refractivity contribution in [3.8, 4) is 50.2 Å². The number of thiophene rings is 1. The summed E-state index contributed by atoms with van der Waals surface area (Å²) < 4.78 is 5.08. The third-order valence-corrected chi connectivity index (χ3v) is 16.6. The Labute approximate surface area is 438 Å². The molecule has 0 saturated carbocycles. The summed E-state index contributed by atoms with van der Waals surface area (Å²) in [5, 5.41) is 12.8. The lowest BCUT2D eigenvalue weighted by Gasteiger charge is -2.29. The van der Waals surface area contributed by atoms with Crippen LogP contribution in [0.2, 0.25) is 0 Å². The quantitative estimate of drug-likeness (QED) is 0.138. The van der Waals surface area contributed by atoms with Gasteiger partial charge in [-0.05, 0) is 132 Å². The number of anilines is 3. The van der Waals surface area contributed by atoms with E-state index in [1.165, 1.54) is 102 Å². The molecule has 0 fully saturated rings. The van der Waals surface area contributed by atoms with Crippen molar-refractivity contribution in [1.29, 1.82) is 0 Å². The lowest BCUT2D eigenvalue weighted by atomic mass is 9.94. The molecule has 13 aromatic carbocycles. The molecule has 0 aliphatic rings. The molecule has 0 radical (unpaired) electrons. The number of benzene rings is 13. The third kappa shape index (κ3) is 7.23. The van der Waals surface area contributed by atoms with Gasteiger partial charge in [0.2, 0.25) is 0 Å². The molecule has 15 aromatic rings. The zero-order valence-electron chi connectivity index (χ0n) is 40.9. The lowest BCUT2D eigenvalue weighted by Crippen LogP contribution is -2.11.